The van der Waals surface area contributed by atoms with Gasteiger partial charge in [-0.25, -0.2) is 0 Å². The van der Waals surface area contributed by atoms with Gasteiger partial charge < -0.3 is 0 Å². The molecule has 0 aromatic heterocycles. The van der Waals surface area contributed by atoms with Crippen molar-refractivity contribution in [1.29, 1.82) is 0 Å². The Morgan fingerprint density at radius 1 is 0.864 bits per heavy atom. The van der Waals surface area contributed by atoms with Crippen LogP contribution in [0.5, 0.6) is 0 Å². The number of hydrogen-bond acceptors (Lipinski definition) is 0. The standard InChI is InChI=1S/2C8H11.2CH3.2BrH.H2Si.Zr/c2*1-3-8-6-4-5-7(8)2;;;;;;/h2*5H,3-4H2,1-2H3;2*1H3;2*1H;1H2;. The van der Waals surface area contributed by atoms with Crippen molar-refractivity contribution in [1.82, 2.24) is 0 Å². The zero-order chi connectivity index (χ0) is 15.2. The van der Waals surface area contributed by atoms with Gasteiger partial charge >= 0.3 is 128 Å². The van der Waals surface area contributed by atoms with Crippen molar-refractivity contribution in [3.63, 3.8) is 0 Å². The van der Waals surface area contributed by atoms with Crippen LogP contribution in [0.2, 0.25) is 9.26 Å². The molecular formula is C18H32Br2SiZr. The van der Waals surface area contributed by atoms with Crippen LogP contribution < -0.4 is 0 Å². The van der Waals surface area contributed by atoms with E-state index in [9.17, 15) is 0 Å². The number of hydrogen-bond donors (Lipinski definition) is 0. The van der Waals surface area contributed by atoms with Crippen LogP contribution in [-0.2, 0) is 17.4 Å². The van der Waals surface area contributed by atoms with Gasteiger partial charge in [-0.2, -0.15) is 0 Å². The zero-order valence-corrected chi connectivity index (χ0v) is 22.3. The molecule has 0 aromatic rings. The molecule has 0 bridgehead atoms. The molecule has 0 heterocycles. The molecule has 0 aromatic carbocycles. The fraction of sp³-hybridized carbons (Fsp3) is 0.556. The van der Waals surface area contributed by atoms with Crippen molar-refractivity contribution in [3.05, 3.63) is 41.0 Å². The van der Waals surface area contributed by atoms with Crippen molar-refractivity contribution in [3.8, 4) is 0 Å². The van der Waals surface area contributed by atoms with E-state index >= 15 is 0 Å². The van der Waals surface area contributed by atoms with Gasteiger partial charge in [-0.3, -0.25) is 0 Å². The van der Waals surface area contributed by atoms with Crippen LogP contribution in [-0.4, -0.2) is 6.88 Å². The SMILES string of the molecule is Br.Br.CCC1=[C]([Zr]([CH3])([CH3])(=[SiH2])[C]2=C(CC)C(C)=CC2)CC=C1C. The Balaban J connectivity index is 0.00000220. The Hall–Kier alpha value is 1.02. The first-order valence-electron chi connectivity index (χ1n) is 8.08. The van der Waals surface area contributed by atoms with Crippen molar-refractivity contribution < 1.29 is 17.4 Å². The summed E-state index contributed by atoms with van der Waals surface area (Å²) in [6.07, 6.45) is 9.84. The molecule has 4 heteroatoms. The van der Waals surface area contributed by atoms with E-state index in [1.54, 1.807) is 22.3 Å². The van der Waals surface area contributed by atoms with Crippen LogP contribution in [0.3, 0.4) is 0 Å². The van der Waals surface area contributed by atoms with Crippen molar-refractivity contribution in [2.24, 2.45) is 0 Å². The summed E-state index contributed by atoms with van der Waals surface area (Å²) in [6, 6.07) is 0. The van der Waals surface area contributed by atoms with E-state index in [1.807, 2.05) is 6.56 Å². The molecule has 0 radical (unpaired) electrons. The fourth-order valence-corrected chi connectivity index (χ4v) is 19.7. The van der Waals surface area contributed by atoms with Gasteiger partial charge in [0.05, 0.1) is 0 Å². The van der Waals surface area contributed by atoms with Crippen LogP contribution in [0.15, 0.2) is 41.0 Å². The molecule has 0 amide bonds. The van der Waals surface area contributed by atoms with Gasteiger partial charge in [-0.15, -0.1) is 34.0 Å². The van der Waals surface area contributed by atoms with E-state index in [4.69, 9.17) is 0 Å². The van der Waals surface area contributed by atoms with Gasteiger partial charge in [0.25, 0.3) is 0 Å². The molecule has 2 rings (SSSR count). The summed E-state index contributed by atoms with van der Waals surface area (Å²) in [5, 5.41) is 0. The van der Waals surface area contributed by atoms with E-state index < -0.39 is 17.4 Å². The fourth-order valence-electron chi connectivity index (χ4n) is 4.27. The zero-order valence-electron chi connectivity index (χ0n) is 15.0. The molecule has 0 nitrogen and oxygen atoms in total. The molecule has 0 atom stereocenters. The van der Waals surface area contributed by atoms with E-state index in [1.165, 1.54) is 25.7 Å². The second-order valence-corrected chi connectivity index (χ2v) is 36.2. The third-order valence-electron chi connectivity index (χ3n) is 5.55. The van der Waals surface area contributed by atoms with Crippen LogP contribution in [0.1, 0.15) is 53.4 Å². The summed E-state index contributed by atoms with van der Waals surface area (Å²) in [5.41, 5.74) is 6.50. The molecule has 0 N–H and O–H groups in total. The summed E-state index contributed by atoms with van der Waals surface area (Å²) < 4.78 is 9.09. The molecule has 0 unspecified atom stereocenters. The van der Waals surface area contributed by atoms with Crippen LogP contribution >= 0.6 is 34.0 Å². The molecule has 2 aliphatic rings. The average molecular weight is 528 g/mol. The molecule has 0 spiro atoms. The average Bonchev–Trinajstić information content (AvgIpc) is 2.92. The first-order valence-corrected chi connectivity index (χ1v) is 21.4. The first kappa shape index (κ1) is 23.0. The Morgan fingerprint density at radius 3 is 1.45 bits per heavy atom. The monoisotopic (exact) mass is 524 g/mol. The van der Waals surface area contributed by atoms with E-state index in [-0.39, 0.29) is 34.0 Å². The summed E-state index contributed by atoms with van der Waals surface area (Å²) >= 11 is -2.92. The molecular weight excluding hydrogens is 495 g/mol. The van der Waals surface area contributed by atoms with E-state index in [0.717, 1.165) is 0 Å². The van der Waals surface area contributed by atoms with Crippen LogP contribution in [0.25, 0.3) is 0 Å². The van der Waals surface area contributed by atoms with Gasteiger partial charge in [0.15, 0.2) is 0 Å². The predicted molar refractivity (Wildman–Crippen MR) is 112 cm³/mol. The number of halogens is 2. The maximum atomic E-state index is 2.68. The topological polar surface area (TPSA) is 0 Å². The van der Waals surface area contributed by atoms with Gasteiger partial charge in [-0.1, -0.05) is 0 Å². The van der Waals surface area contributed by atoms with Crippen molar-refractivity contribution in [2.45, 2.75) is 62.6 Å². The summed E-state index contributed by atoms with van der Waals surface area (Å²) in [5.74, 6) is 0. The van der Waals surface area contributed by atoms with Crippen molar-refractivity contribution >= 4 is 40.8 Å². The molecule has 126 valence electrons. The first-order chi connectivity index (χ1) is 9.21. The quantitative estimate of drug-likeness (QED) is 0.366. The third kappa shape index (κ3) is 3.81. The van der Waals surface area contributed by atoms with Gasteiger partial charge in [0.1, 0.15) is 0 Å². The van der Waals surface area contributed by atoms with Crippen LogP contribution in [0, 0.1) is 0 Å². The maximum absolute atomic E-state index is 2.92. The normalized spacial score (nSPS) is 18.9. The summed E-state index contributed by atoms with van der Waals surface area (Å²) in [4.78, 5) is 0. The van der Waals surface area contributed by atoms with E-state index in [2.05, 4.69) is 56.0 Å². The number of allylic oxidation sites excluding steroid dienone is 8. The van der Waals surface area contributed by atoms with Crippen LogP contribution in [0.4, 0.5) is 0 Å². The summed E-state index contributed by atoms with van der Waals surface area (Å²) in [7, 11) is 0. The summed E-state index contributed by atoms with van der Waals surface area (Å²) in [6.45, 7) is 11.7. The molecule has 22 heavy (non-hydrogen) atoms. The Labute approximate surface area is 160 Å². The van der Waals surface area contributed by atoms with Crippen molar-refractivity contribution in [2.75, 3.05) is 0 Å². The number of rotatable bonds is 4. The predicted octanol–water partition coefficient (Wildman–Crippen LogP) is 6.50. The second-order valence-electron chi connectivity index (χ2n) is 7.49. The van der Waals surface area contributed by atoms with Gasteiger partial charge in [0, 0.05) is 0 Å². The third-order valence-corrected chi connectivity index (χ3v) is 22.6. The minimum absolute atomic E-state index is 0. The Morgan fingerprint density at radius 2 is 1.18 bits per heavy atom. The Kier molecular flexibility index (Phi) is 8.30. The molecule has 0 saturated carbocycles. The molecule has 0 saturated heterocycles. The van der Waals surface area contributed by atoms with Gasteiger partial charge in [-0.05, 0) is 0 Å². The molecule has 0 aliphatic heterocycles. The molecule has 0 fully saturated rings. The second kappa shape index (κ2) is 7.93. The Bertz CT molecular complexity index is 592. The molecule has 2 aliphatic carbocycles. The minimum atomic E-state index is -2.92. The van der Waals surface area contributed by atoms with Gasteiger partial charge in [0.2, 0.25) is 0 Å². The van der Waals surface area contributed by atoms with E-state index in [0.29, 0.717) is 0 Å².